The quantitative estimate of drug-likeness (QED) is 0.498. The lowest BCUT2D eigenvalue weighted by atomic mass is 10.1. The van der Waals surface area contributed by atoms with Crippen LogP contribution in [0.3, 0.4) is 0 Å². The summed E-state index contributed by atoms with van der Waals surface area (Å²) in [6, 6.07) is 5.38. The Bertz CT molecular complexity index is 351. The summed E-state index contributed by atoms with van der Waals surface area (Å²) in [6.07, 6.45) is 0. The highest BCUT2D eigenvalue weighted by Gasteiger charge is 2.05. The molecule has 0 unspecified atom stereocenters. The smallest absolute Gasteiger partial charge is 0.188 e. The van der Waals surface area contributed by atoms with E-state index in [2.05, 4.69) is 0 Å². The molecule has 0 bridgehead atoms. The molecule has 100 valence electrons. The van der Waals surface area contributed by atoms with Crippen molar-refractivity contribution < 1.29 is 23.4 Å². The fourth-order valence-electron chi connectivity index (χ4n) is 1.25. The van der Waals surface area contributed by atoms with E-state index < -0.39 is 0 Å². The topological polar surface area (TPSA) is 44.8 Å². The Kier molecular flexibility index (Phi) is 7.17. The first-order valence-electron chi connectivity index (χ1n) is 5.67. The zero-order valence-electron chi connectivity index (χ0n) is 10.4. The first kappa shape index (κ1) is 14.8. The van der Waals surface area contributed by atoms with Crippen LogP contribution in [-0.2, 0) is 14.2 Å². The van der Waals surface area contributed by atoms with E-state index in [1.165, 1.54) is 24.3 Å². The summed E-state index contributed by atoms with van der Waals surface area (Å²) in [5, 5.41) is 0. The standard InChI is InChI=1S/C13H17FO4/c1-16-6-7-17-8-9-18-10-13(15)11-2-4-12(14)5-3-11/h2-5H,6-10H2,1H3. The van der Waals surface area contributed by atoms with E-state index >= 15 is 0 Å². The molecule has 0 saturated heterocycles. The van der Waals surface area contributed by atoms with Gasteiger partial charge in [-0.15, -0.1) is 0 Å². The first-order chi connectivity index (χ1) is 8.74. The third-order valence-electron chi connectivity index (χ3n) is 2.20. The number of ether oxygens (including phenoxy) is 3. The van der Waals surface area contributed by atoms with Gasteiger partial charge in [0.15, 0.2) is 5.78 Å². The molecule has 0 spiro atoms. The number of halogens is 1. The van der Waals surface area contributed by atoms with Crippen LogP contribution >= 0.6 is 0 Å². The van der Waals surface area contributed by atoms with Gasteiger partial charge in [0.1, 0.15) is 12.4 Å². The Morgan fingerprint density at radius 2 is 1.67 bits per heavy atom. The molecule has 1 rings (SSSR count). The van der Waals surface area contributed by atoms with Crippen LogP contribution in [0.1, 0.15) is 10.4 Å². The summed E-state index contributed by atoms with van der Waals surface area (Å²) >= 11 is 0. The van der Waals surface area contributed by atoms with Gasteiger partial charge in [-0.05, 0) is 24.3 Å². The number of benzene rings is 1. The Morgan fingerprint density at radius 1 is 1.06 bits per heavy atom. The van der Waals surface area contributed by atoms with Crippen LogP contribution < -0.4 is 0 Å². The van der Waals surface area contributed by atoms with Crippen LogP contribution in [0, 0.1) is 5.82 Å². The lowest BCUT2D eigenvalue weighted by molar-refractivity contribution is 0.0253. The van der Waals surface area contributed by atoms with E-state index in [9.17, 15) is 9.18 Å². The summed E-state index contributed by atoms with van der Waals surface area (Å²) < 4.78 is 27.8. The molecule has 0 N–H and O–H groups in total. The molecule has 18 heavy (non-hydrogen) atoms. The van der Waals surface area contributed by atoms with Gasteiger partial charge in [0.25, 0.3) is 0 Å². The molecule has 0 atom stereocenters. The van der Waals surface area contributed by atoms with Crippen molar-refractivity contribution in [2.75, 3.05) is 40.1 Å². The summed E-state index contributed by atoms with van der Waals surface area (Å²) in [5.41, 5.74) is 0.441. The van der Waals surface area contributed by atoms with E-state index in [1.54, 1.807) is 7.11 Å². The molecule has 0 aromatic heterocycles. The van der Waals surface area contributed by atoms with E-state index in [-0.39, 0.29) is 18.2 Å². The second-order valence-electron chi connectivity index (χ2n) is 3.59. The molecule has 4 nitrogen and oxygen atoms in total. The maximum Gasteiger partial charge on any atom is 0.188 e. The van der Waals surface area contributed by atoms with E-state index in [0.29, 0.717) is 32.0 Å². The zero-order valence-corrected chi connectivity index (χ0v) is 10.4. The third-order valence-corrected chi connectivity index (χ3v) is 2.20. The largest absolute Gasteiger partial charge is 0.382 e. The Balaban J connectivity index is 2.12. The van der Waals surface area contributed by atoms with Gasteiger partial charge in [-0.3, -0.25) is 4.79 Å². The molecule has 0 amide bonds. The van der Waals surface area contributed by atoms with Crippen LogP contribution in [0.4, 0.5) is 4.39 Å². The van der Waals surface area contributed by atoms with Gasteiger partial charge >= 0.3 is 0 Å². The number of hydrogen-bond donors (Lipinski definition) is 0. The molecular weight excluding hydrogens is 239 g/mol. The van der Waals surface area contributed by atoms with Crippen molar-refractivity contribution in [3.8, 4) is 0 Å². The van der Waals surface area contributed by atoms with Crippen LogP contribution in [0.25, 0.3) is 0 Å². The second kappa shape index (κ2) is 8.74. The molecule has 0 fully saturated rings. The Labute approximate surface area is 106 Å². The summed E-state index contributed by atoms with van der Waals surface area (Å²) in [7, 11) is 1.60. The molecule has 0 aliphatic rings. The van der Waals surface area contributed by atoms with E-state index in [0.717, 1.165) is 0 Å². The van der Waals surface area contributed by atoms with Crippen molar-refractivity contribution >= 4 is 5.78 Å². The van der Waals surface area contributed by atoms with Crippen molar-refractivity contribution in [3.63, 3.8) is 0 Å². The fraction of sp³-hybridized carbons (Fsp3) is 0.462. The highest BCUT2D eigenvalue weighted by Crippen LogP contribution is 2.03. The molecule has 0 aliphatic carbocycles. The summed E-state index contributed by atoms with van der Waals surface area (Å²) in [5.74, 6) is -0.536. The normalized spacial score (nSPS) is 10.6. The van der Waals surface area contributed by atoms with Gasteiger partial charge in [0.2, 0.25) is 0 Å². The SMILES string of the molecule is COCCOCCOCC(=O)c1ccc(F)cc1. The van der Waals surface area contributed by atoms with Crippen molar-refractivity contribution in [3.05, 3.63) is 35.6 Å². The van der Waals surface area contributed by atoms with Crippen molar-refractivity contribution in [2.24, 2.45) is 0 Å². The second-order valence-corrected chi connectivity index (χ2v) is 3.59. The van der Waals surface area contributed by atoms with Crippen LogP contribution in [-0.4, -0.2) is 45.9 Å². The maximum absolute atomic E-state index is 12.6. The van der Waals surface area contributed by atoms with Gasteiger partial charge in [-0.2, -0.15) is 0 Å². The average Bonchev–Trinajstić information content (AvgIpc) is 2.38. The number of carbonyl (C=O) groups excluding carboxylic acids is 1. The van der Waals surface area contributed by atoms with Crippen molar-refractivity contribution in [1.82, 2.24) is 0 Å². The Hall–Kier alpha value is -1.30. The predicted molar refractivity (Wildman–Crippen MR) is 64.2 cm³/mol. The number of ketones is 1. The monoisotopic (exact) mass is 256 g/mol. The third kappa shape index (κ3) is 5.86. The van der Waals surface area contributed by atoms with Gasteiger partial charge in [0, 0.05) is 12.7 Å². The number of rotatable bonds is 9. The summed E-state index contributed by atoms with van der Waals surface area (Å²) in [4.78, 5) is 11.6. The molecule has 0 heterocycles. The molecular formula is C13H17FO4. The molecule has 1 aromatic rings. The highest BCUT2D eigenvalue weighted by molar-refractivity contribution is 5.96. The minimum absolute atomic E-state index is 0.0285. The summed E-state index contributed by atoms with van der Waals surface area (Å²) in [6.45, 7) is 1.77. The minimum atomic E-state index is -0.362. The van der Waals surface area contributed by atoms with Crippen molar-refractivity contribution in [1.29, 1.82) is 0 Å². The highest BCUT2D eigenvalue weighted by atomic mass is 19.1. The fourth-order valence-corrected chi connectivity index (χ4v) is 1.25. The number of Topliss-reactive ketones (excluding diaryl/α,β-unsaturated/α-hetero) is 1. The molecule has 0 saturated carbocycles. The number of methoxy groups -OCH3 is 1. The Morgan fingerprint density at radius 3 is 2.33 bits per heavy atom. The van der Waals surface area contributed by atoms with Gasteiger partial charge in [0.05, 0.1) is 26.4 Å². The van der Waals surface area contributed by atoms with E-state index in [4.69, 9.17) is 14.2 Å². The van der Waals surface area contributed by atoms with Gasteiger partial charge < -0.3 is 14.2 Å². The lowest BCUT2D eigenvalue weighted by Gasteiger charge is -2.05. The zero-order chi connectivity index (χ0) is 13.2. The number of hydrogen-bond acceptors (Lipinski definition) is 4. The van der Waals surface area contributed by atoms with Gasteiger partial charge in [-0.25, -0.2) is 4.39 Å². The van der Waals surface area contributed by atoms with Crippen LogP contribution in [0.5, 0.6) is 0 Å². The van der Waals surface area contributed by atoms with Crippen LogP contribution in [0.15, 0.2) is 24.3 Å². The first-order valence-corrected chi connectivity index (χ1v) is 5.67. The average molecular weight is 256 g/mol. The van der Waals surface area contributed by atoms with Crippen molar-refractivity contribution in [2.45, 2.75) is 0 Å². The minimum Gasteiger partial charge on any atom is -0.382 e. The number of carbonyl (C=O) groups is 1. The molecule has 0 aliphatic heterocycles. The lowest BCUT2D eigenvalue weighted by Crippen LogP contribution is -2.13. The molecule has 0 radical (unpaired) electrons. The predicted octanol–water partition coefficient (Wildman–Crippen LogP) is 1.69. The van der Waals surface area contributed by atoms with Crippen LogP contribution in [0.2, 0.25) is 0 Å². The van der Waals surface area contributed by atoms with Gasteiger partial charge in [-0.1, -0.05) is 0 Å². The molecule has 5 heteroatoms. The molecule has 1 aromatic carbocycles. The van der Waals surface area contributed by atoms with E-state index in [1.807, 2.05) is 0 Å². The maximum atomic E-state index is 12.6.